The average molecular weight is 230 g/mol. The molecule has 4 nitrogen and oxygen atoms in total. The fourth-order valence-electron chi connectivity index (χ4n) is 1.42. The van der Waals surface area contributed by atoms with E-state index in [2.05, 4.69) is 13.8 Å². The Hall–Kier alpha value is -0.610. The SMILES string of the molecule is CCOCCC(=O)N(CC)CC(C)(C)CN. The second-order valence-electron chi connectivity index (χ2n) is 4.72. The Labute approximate surface area is 99.1 Å². The van der Waals surface area contributed by atoms with Crippen LogP contribution in [0.4, 0.5) is 0 Å². The number of amides is 1. The second-order valence-corrected chi connectivity index (χ2v) is 4.72. The molecular formula is C12H26N2O2. The largest absolute Gasteiger partial charge is 0.381 e. The van der Waals surface area contributed by atoms with E-state index in [0.717, 1.165) is 6.54 Å². The first-order chi connectivity index (χ1) is 7.46. The summed E-state index contributed by atoms with van der Waals surface area (Å²) >= 11 is 0. The molecule has 0 aliphatic rings. The van der Waals surface area contributed by atoms with Gasteiger partial charge in [-0.25, -0.2) is 0 Å². The lowest BCUT2D eigenvalue weighted by Gasteiger charge is -2.31. The Morgan fingerprint density at radius 1 is 1.38 bits per heavy atom. The summed E-state index contributed by atoms with van der Waals surface area (Å²) < 4.78 is 5.18. The van der Waals surface area contributed by atoms with E-state index in [4.69, 9.17) is 10.5 Å². The zero-order valence-corrected chi connectivity index (χ0v) is 11.1. The molecule has 4 heteroatoms. The summed E-state index contributed by atoms with van der Waals surface area (Å²) in [5, 5.41) is 0. The third-order valence-corrected chi connectivity index (χ3v) is 2.57. The van der Waals surface area contributed by atoms with Crippen LogP contribution in [0.1, 0.15) is 34.1 Å². The van der Waals surface area contributed by atoms with Gasteiger partial charge in [0, 0.05) is 19.7 Å². The molecule has 0 rings (SSSR count). The number of nitrogens with zero attached hydrogens (tertiary/aromatic N) is 1. The number of ether oxygens (including phenoxy) is 1. The van der Waals surface area contributed by atoms with E-state index < -0.39 is 0 Å². The Kier molecular flexibility index (Phi) is 7.34. The van der Waals surface area contributed by atoms with Gasteiger partial charge in [-0.15, -0.1) is 0 Å². The quantitative estimate of drug-likeness (QED) is 0.638. The zero-order chi connectivity index (χ0) is 12.6. The van der Waals surface area contributed by atoms with Crippen LogP contribution in [0, 0.1) is 5.41 Å². The Balaban J connectivity index is 4.11. The van der Waals surface area contributed by atoms with E-state index in [1.54, 1.807) is 0 Å². The minimum Gasteiger partial charge on any atom is -0.381 e. The molecular weight excluding hydrogens is 204 g/mol. The molecule has 0 saturated carbocycles. The van der Waals surface area contributed by atoms with Crippen molar-refractivity contribution in [1.82, 2.24) is 4.90 Å². The fraction of sp³-hybridized carbons (Fsp3) is 0.917. The summed E-state index contributed by atoms with van der Waals surface area (Å²) in [5.74, 6) is 0.150. The highest BCUT2D eigenvalue weighted by Gasteiger charge is 2.22. The van der Waals surface area contributed by atoms with Crippen molar-refractivity contribution >= 4 is 5.91 Å². The van der Waals surface area contributed by atoms with E-state index in [-0.39, 0.29) is 11.3 Å². The monoisotopic (exact) mass is 230 g/mol. The molecule has 1 amide bonds. The van der Waals surface area contributed by atoms with Crippen LogP contribution in [-0.2, 0) is 9.53 Å². The van der Waals surface area contributed by atoms with Crippen molar-refractivity contribution in [3.05, 3.63) is 0 Å². The van der Waals surface area contributed by atoms with Crippen LogP contribution in [0.2, 0.25) is 0 Å². The first-order valence-corrected chi connectivity index (χ1v) is 6.02. The van der Waals surface area contributed by atoms with Crippen LogP contribution in [0.25, 0.3) is 0 Å². The maximum absolute atomic E-state index is 11.8. The van der Waals surface area contributed by atoms with Gasteiger partial charge in [0.2, 0.25) is 5.91 Å². The smallest absolute Gasteiger partial charge is 0.224 e. The van der Waals surface area contributed by atoms with Gasteiger partial charge in [0.15, 0.2) is 0 Å². The average Bonchev–Trinajstić information content (AvgIpc) is 2.26. The van der Waals surface area contributed by atoms with Crippen molar-refractivity contribution in [2.24, 2.45) is 11.1 Å². The molecule has 0 bridgehead atoms. The fourth-order valence-corrected chi connectivity index (χ4v) is 1.42. The van der Waals surface area contributed by atoms with Crippen LogP contribution < -0.4 is 5.73 Å². The molecule has 96 valence electrons. The summed E-state index contributed by atoms with van der Waals surface area (Å²) in [6, 6.07) is 0. The van der Waals surface area contributed by atoms with Gasteiger partial charge in [-0.1, -0.05) is 13.8 Å². The van der Waals surface area contributed by atoms with E-state index in [9.17, 15) is 4.79 Å². The molecule has 0 aliphatic carbocycles. The molecule has 0 radical (unpaired) electrons. The number of hydrogen-bond acceptors (Lipinski definition) is 3. The number of rotatable bonds is 8. The van der Waals surface area contributed by atoms with Gasteiger partial charge in [0.25, 0.3) is 0 Å². The van der Waals surface area contributed by atoms with Crippen molar-refractivity contribution in [2.75, 3.05) is 32.8 Å². The van der Waals surface area contributed by atoms with E-state index in [0.29, 0.717) is 32.7 Å². The maximum Gasteiger partial charge on any atom is 0.224 e. The highest BCUT2D eigenvalue weighted by Crippen LogP contribution is 2.15. The molecule has 0 spiro atoms. The molecule has 0 heterocycles. The van der Waals surface area contributed by atoms with Crippen molar-refractivity contribution in [2.45, 2.75) is 34.1 Å². The second kappa shape index (κ2) is 7.63. The van der Waals surface area contributed by atoms with E-state index in [1.807, 2.05) is 18.7 Å². The van der Waals surface area contributed by atoms with Gasteiger partial charge in [0.05, 0.1) is 13.0 Å². The molecule has 16 heavy (non-hydrogen) atoms. The topological polar surface area (TPSA) is 55.6 Å². The lowest BCUT2D eigenvalue weighted by atomic mass is 9.93. The van der Waals surface area contributed by atoms with Gasteiger partial charge < -0.3 is 15.4 Å². The van der Waals surface area contributed by atoms with Gasteiger partial charge >= 0.3 is 0 Å². The van der Waals surface area contributed by atoms with Crippen LogP contribution in [-0.4, -0.2) is 43.7 Å². The normalized spacial score (nSPS) is 11.6. The Bertz CT molecular complexity index is 205. The first-order valence-electron chi connectivity index (χ1n) is 6.02. The minimum absolute atomic E-state index is 0.0166. The standard InChI is InChI=1S/C12H26N2O2/c1-5-14(10-12(3,4)9-13)11(15)7-8-16-6-2/h5-10,13H2,1-4H3. The highest BCUT2D eigenvalue weighted by atomic mass is 16.5. The van der Waals surface area contributed by atoms with Crippen molar-refractivity contribution in [3.8, 4) is 0 Å². The number of nitrogens with two attached hydrogens (primary N) is 1. The Morgan fingerprint density at radius 3 is 2.44 bits per heavy atom. The maximum atomic E-state index is 11.8. The van der Waals surface area contributed by atoms with Crippen LogP contribution in [0.15, 0.2) is 0 Å². The van der Waals surface area contributed by atoms with Crippen molar-refractivity contribution < 1.29 is 9.53 Å². The molecule has 0 aromatic carbocycles. The van der Waals surface area contributed by atoms with Crippen molar-refractivity contribution in [1.29, 1.82) is 0 Å². The predicted octanol–water partition coefficient (Wildman–Crippen LogP) is 1.25. The number of carbonyl (C=O) groups excluding carboxylic acids is 1. The lowest BCUT2D eigenvalue weighted by Crippen LogP contribution is -2.42. The molecule has 2 N–H and O–H groups in total. The van der Waals surface area contributed by atoms with Crippen LogP contribution >= 0.6 is 0 Å². The van der Waals surface area contributed by atoms with Crippen molar-refractivity contribution in [3.63, 3.8) is 0 Å². The summed E-state index contributed by atoms with van der Waals surface area (Å²) in [6.45, 7) is 11.3. The van der Waals surface area contributed by atoms with Crippen LogP contribution in [0.3, 0.4) is 0 Å². The molecule has 0 aliphatic heterocycles. The summed E-state index contributed by atoms with van der Waals surface area (Å²) in [6.07, 6.45) is 0.461. The Morgan fingerprint density at radius 2 is 2.00 bits per heavy atom. The van der Waals surface area contributed by atoms with Crippen LogP contribution in [0.5, 0.6) is 0 Å². The lowest BCUT2D eigenvalue weighted by molar-refractivity contribution is -0.133. The van der Waals surface area contributed by atoms with Gasteiger partial charge in [-0.2, -0.15) is 0 Å². The molecule has 0 unspecified atom stereocenters. The summed E-state index contributed by atoms with van der Waals surface area (Å²) in [5.41, 5.74) is 5.65. The number of hydrogen-bond donors (Lipinski definition) is 1. The molecule has 0 aromatic heterocycles. The van der Waals surface area contributed by atoms with Gasteiger partial charge in [0.1, 0.15) is 0 Å². The molecule has 0 atom stereocenters. The predicted molar refractivity (Wildman–Crippen MR) is 66.2 cm³/mol. The zero-order valence-electron chi connectivity index (χ0n) is 11.1. The van der Waals surface area contributed by atoms with Gasteiger partial charge in [-0.05, 0) is 25.8 Å². The van der Waals surface area contributed by atoms with E-state index in [1.165, 1.54) is 0 Å². The first kappa shape index (κ1) is 15.4. The summed E-state index contributed by atoms with van der Waals surface area (Å²) in [7, 11) is 0. The minimum atomic E-state index is -0.0166. The van der Waals surface area contributed by atoms with Gasteiger partial charge in [-0.3, -0.25) is 4.79 Å². The number of carbonyl (C=O) groups is 1. The molecule has 0 saturated heterocycles. The summed E-state index contributed by atoms with van der Waals surface area (Å²) in [4.78, 5) is 13.7. The molecule has 0 fully saturated rings. The molecule has 0 aromatic rings. The third kappa shape index (κ3) is 6.08. The van der Waals surface area contributed by atoms with E-state index >= 15 is 0 Å². The third-order valence-electron chi connectivity index (χ3n) is 2.57. The highest BCUT2D eigenvalue weighted by molar-refractivity contribution is 5.76.